The molecule has 0 unspecified atom stereocenters. The second kappa shape index (κ2) is 5.77. The quantitative estimate of drug-likeness (QED) is 0.894. The molecule has 1 N–H and O–H groups in total. The summed E-state index contributed by atoms with van der Waals surface area (Å²) < 4.78 is 6.62. The van der Waals surface area contributed by atoms with Crippen LogP contribution in [0.2, 0.25) is 0 Å². The number of anilines is 1. The number of aromatic nitrogens is 3. The number of amides is 1. The molecule has 128 valence electrons. The van der Waals surface area contributed by atoms with Crippen molar-refractivity contribution in [2.75, 3.05) is 18.4 Å². The molecule has 1 aliphatic rings. The summed E-state index contributed by atoms with van der Waals surface area (Å²) in [5.74, 6) is 0.543. The minimum absolute atomic E-state index is 0.0488. The van der Waals surface area contributed by atoms with Gasteiger partial charge in [0.05, 0.1) is 11.4 Å². The zero-order valence-electron chi connectivity index (χ0n) is 14.2. The Morgan fingerprint density at radius 1 is 1.38 bits per heavy atom. The van der Waals surface area contributed by atoms with E-state index in [1.807, 2.05) is 20.8 Å². The van der Waals surface area contributed by atoms with Gasteiger partial charge in [0.1, 0.15) is 11.1 Å². The third-order valence-electron chi connectivity index (χ3n) is 3.68. The van der Waals surface area contributed by atoms with Crippen LogP contribution >= 0.6 is 0 Å². The third kappa shape index (κ3) is 3.17. The Bertz CT molecular complexity index is 834. The van der Waals surface area contributed by atoms with Crippen LogP contribution < -0.4 is 10.9 Å². The Kier molecular flexibility index (Phi) is 3.90. The van der Waals surface area contributed by atoms with Crippen molar-refractivity contribution in [3.05, 3.63) is 28.7 Å². The van der Waals surface area contributed by atoms with Gasteiger partial charge >= 0.3 is 6.09 Å². The monoisotopic (exact) mass is 331 g/mol. The number of rotatable bonds is 2. The molecule has 2 aromatic heterocycles. The predicted molar refractivity (Wildman–Crippen MR) is 90.0 cm³/mol. The lowest BCUT2D eigenvalue weighted by Crippen LogP contribution is -2.58. The molecule has 3 heterocycles. The van der Waals surface area contributed by atoms with Gasteiger partial charge in [0, 0.05) is 26.3 Å². The van der Waals surface area contributed by atoms with Crippen molar-refractivity contribution in [2.24, 2.45) is 7.05 Å². The smallest absolute Gasteiger partial charge is 0.410 e. The maximum absolute atomic E-state index is 12.1. The number of hydrogen-bond acceptors (Lipinski definition) is 6. The van der Waals surface area contributed by atoms with Crippen LogP contribution in [0.15, 0.2) is 23.1 Å². The van der Waals surface area contributed by atoms with Crippen molar-refractivity contribution in [3.63, 3.8) is 0 Å². The van der Waals surface area contributed by atoms with Gasteiger partial charge in [0.25, 0.3) is 5.56 Å². The number of nitrogens with one attached hydrogen (secondary N) is 1. The molecule has 2 aromatic rings. The molecule has 8 nitrogen and oxygen atoms in total. The molecule has 0 aromatic carbocycles. The number of carbonyl (C=O) groups excluding carboxylic acids is 1. The molecule has 1 amide bonds. The number of likely N-dealkylation sites (tertiary alicyclic amines) is 1. The normalized spacial score (nSPS) is 15.2. The largest absolute Gasteiger partial charge is 0.444 e. The van der Waals surface area contributed by atoms with Crippen molar-refractivity contribution in [2.45, 2.75) is 32.4 Å². The lowest BCUT2D eigenvalue weighted by molar-refractivity contribution is 0.0104. The van der Waals surface area contributed by atoms with E-state index in [4.69, 9.17) is 4.74 Å². The van der Waals surface area contributed by atoms with Gasteiger partial charge < -0.3 is 15.0 Å². The van der Waals surface area contributed by atoms with Gasteiger partial charge in [-0.2, -0.15) is 5.10 Å². The number of fused-ring (bicyclic) bond motifs is 1. The first kappa shape index (κ1) is 16.2. The molecule has 8 heteroatoms. The van der Waals surface area contributed by atoms with Crippen LogP contribution in [0.4, 0.5) is 10.6 Å². The topological polar surface area (TPSA) is 89.3 Å². The lowest BCUT2D eigenvalue weighted by atomic mass is 10.1. The molecule has 0 radical (unpaired) electrons. The summed E-state index contributed by atoms with van der Waals surface area (Å²) in [6.45, 7) is 6.56. The fourth-order valence-corrected chi connectivity index (χ4v) is 2.52. The van der Waals surface area contributed by atoms with Gasteiger partial charge in [-0.1, -0.05) is 0 Å². The summed E-state index contributed by atoms with van der Waals surface area (Å²) in [4.78, 5) is 29.9. The second-order valence-electron chi connectivity index (χ2n) is 6.90. The van der Waals surface area contributed by atoms with Crippen molar-refractivity contribution >= 4 is 22.8 Å². The van der Waals surface area contributed by atoms with E-state index in [9.17, 15) is 9.59 Å². The van der Waals surface area contributed by atoms with Gasteiger partial charge in [-0.3, -0.25) is 9.78 Å². The van der Waals surface area contributed by atoms with Crippen molar-refractivity contribution in [1.29, 1.82) is 0 Å². The highest BCUT2D eigenvalue weighted by Crippen LogP contribution is 2.20. The molecule has 3 rings (SSSR count). The SMILES string of the molecule is Cn1nc(NC2CN(C(=O)OC(C)(C)C)C2)c2ncccc2c1=O. The average Bonchev–Trinajstić information content (AvgIpc) is 2.45. The van der Waals surface area contributed by atoms with Gasteiger partial charge in [-0.05, 0) is 32.9 Å². The van der Waals surface area contributed by atoms with Crippen LogP contribution in [-0.4, -0.2) is 50.5 Å². The van der Waals surface area contributed by atoms with Gasteiger partial charge in [0.2, 0.25) is 0 Å². The number of nitrogens with zero attached hydrogens (tertiary/aromatic N) is 4. The fraction of sp³-hybridized carbons (Fsp3) is 0.500. The lowest BCUT2D eigenvalue weighted by Gasteiger charge is -2.40. The van der Waals surface area contributed by atoms with Crippen LogP contribution in [0.1, 0.15) is 20.8 Å². The number of hydrogen-bond donors (Lipinski definition) is 1. The maximum atomic E-state index is 12.1. The summed E-state index contributed by atoms with van der Waals surface area (Å²) in [6, 6.07) is 3.50. The molecule has 1 saturated heterocycles. The van der Waals surface area contributed by atoms with E-state index in [2.05, 4.69) is 15.4 Å². The number of aryl methyl sites for hydroxylation is 1. The highest BCUT2D eigenvalue weighted by atomic mass is 16.6. The van der Waals surface area contributed by atoms with E-state index < -0.39 is 5.60 Å². The summed E-state index contributed by atoms with van der Waals surface area (Å²) in [5, 5.41) is 8.02. The number of pyridine rings is 1. The molecule has 24 heavy (non-hydrogen) atoms. The van der Waals surface area contributed by atoms with Crippen LogP contribution in [0.5, 0.6) is 0 Å². The van der Waals surface area contributed by atoms with Crippen molar-refractivity contribution in [1.82, 2.24) is 19.7 Å². The third-order valence-corrected chi connectivity index (χ3v) is 3.68. The van der Waals surface area contributed by atoms with Crippen LogP contribution in [-0.2, 0) is 11.8 Å². The molecule has 0 atom stereocenters. The first-order valence-electron chi connectivity index (χ1n) is 7.81. The molecule has 0 aliphatic carbocycles. The summed E-state index contributed by atoms with van der Waals surface area (Å²) >= 11 is 0. The van der Waals surface area contributed by atoms with E-state index in [-0.39, 0.29) is 17.7 Å². The summed E-state index contributed by atoms with van der Waals surface area (Å²) in [7, 11) is 1.60. The Balaban J connectivity index is 1.71. The summed E-state index contributed by atoms with van der Waals surface area (Å²) in [5.41, 5.74) is -0.154. The van der Waals surface area contributed by atoms with Crippen molar-refractivity contribution < 1.29 is 9.53 Å². The Morgan fingerprint density at radius 2 is 2.08 bits per heavy atom. The zero-order chi connectivity index (χ0) is 17.5. The molecule has 0 saturated carbocycles. The van der Waals surface area contributed by atoms with Crippen LogP contribution in [0.3, 0.4) is 0 Å². The van der Waals surface area contributed by atoms with Crippen LogP contribution in [0.25, 0.3) is 10.9 Å². The molecular weight excluding hydrogens is 310 g/mol. The van der Waals surface area contributed by atoms with Gasteiger partial charge in [-0.15, -0.1) is 0 Å². The first-order valence-corrected chi connectivity index (χ1v) is 7.81. The molecular formula is C16H21N5O3. The standard InChI is InChI=1S/C16H21N5O3/c1-16(2,3)24-15(23)21-8-10(9-21)18-13-12-11(6-5-7-17-12)14(22)20(4)19-13/h5-7,10H,8-9H2,1-4H3,(H,18,19). The molecule has 1 fully saturated rings. The Labute approximate surface area is 139 Å². The first-order chi connectivity index (χ1) is 11.2. The summed E-state index contributed by atoms with van der Waals surface area (Å²) in [6.07, 6.45) is 1.31. The minimum atomic E-state index is -0.505. The van der Waals surface area contributed by atoms with Crippen molar-refractivity contribution in [3.8, 4) is 0 Å². The van der Waals surface area contributed by atoms with E-state index in [1.54, 1.807) is 30.3 Å². The highest BCUT2D eigenvalue weighted by molar-refractivity contribution is 5.87. The second-order valence-corrected chi connectivity index (χ2v) is 6.90. The van der Waals surface area contributed by atoms with E-state index in [1.165, 1.54) is 4.68 Å². The maximum Gasteiger partial charge on any atom is 0.410 e. The van der Waals surface area contributed by atoms with Crippen LogP contribution in [0, 0.1) is 0 Å². The van der Waals surface area contributed by atoms with Gasteiger partial charge in [0.15, 0.2) is 5.82 Å². The van der Waals surface area contributed by atoms with E-state index >= 15 is 0 Å². The van der Waals surface area contributed by atoms with Gasteiger partial charge in [-0.25, -0.2) is 9.48 Å². The Morgan fingerprint density at radius 3 is 2.75 bits per heavy atom. The molecule has 0 spiro atoms. The fourth-order valence-electron chi connectivity index (χ4n) is 2.52. The number of carbonyl (C=O) groups is 1. The molecule has 0 bridgehead atoms. The minimum Gasteiger partial charge on any atom is -0.444 e. The number of ether oxygens (including phenoxy) is 1. The van der Waals surface area contributed by atoms with E-state index in [0.29, 0.717) is 29.8 Å². The molecule has 1 aliphatic heterocycles. The average molecular weight is 331 g/mol. The highest BCUT2D eigenvalue weighted by Gasteiger charge is 2.34. The Hall–Kier alpha value is -2.64. The predicted octanol–water partition coefficient (Wildman–Crippen LogP) is 1.36. The van der Waals surface area contributed by atoms with E-state index in [0.717, 1.165) is 0 Å². The zero-order valence-corrected chi connectivity index (χ0v) is 14.2.